The number of nitrogens with zero attached hydrogens (tertiary/aromatic N) is 1. The van der Waals surface area contributed by atoms with E-state index in [0.717, 1.165) is 18.2 Å². The average molecular weight is 527 g/mol. The van der Waals surface area contributed by atoms with Crippen molar-refractivity contribution in [3.63, 3.8) is 0 Å². The number of anilines is 1. The summed E-state index contributed by atoms with van der Waals surface area (Å²) in [7, 11) is 1.83. The molecule has 0 aliphatic rings. The van der Waals surface area contributed by atoms with Crippen LogP contribution in [0, 0.1) is 0 Å². The first-order valence-corrected chi connectivity index (χ1v) is 11.1. The normalized spacial score (nSPS) is 13.1. The van der Waals surface area contributed by atoms with E-state index in [1.165, 1.54) is 26.4 Å². The Bertz CT molecular complexity index is 1050. The third kappa shape index (κ3) is 5.95. The van der Waals surface area contributed by atoms with E-state index in [1.54, 1.807) is 25.9 Å². The van der Waals surface area contributed by atoms with Crippen molar-refractivity contribution in [2.24, 2.45) is 0 Å². The van der Waals surface area contributed by atoms with Crippen LogP contribution >= 0.6 is 15.9 Å². The van der Waals surface area contributed by atoms with Gasteiger partial charge in [0.2, 0.25) is 0 Å². The van der Waals surface area contributed by atoms with Crippen molar-refractivity contribution in [2.45, 2.75) is 24.2 Å². The van der Waals surface area contributed by atoms with E-state index in [9.17, 15) is 21.6 Å². The predicted molar refractivity (Wildman–Crippen MR) is 113 cm³/mol. The molecule has 0 bridgehead atoms. The summed E-state index contributed by atoms with van der Waals surface area (Å²) in [6.45, 7) is 1.57. The van der Waals surface area contributed by atoms with Gasteiger partial charge in [-0.25, -0.2) is 8.42 Å². The van der Waals surface area contributed by atoms with Crippen LogP contribution in [0.5, 0.6) is 17.2 Å². The molecule has 12 heteroatoms. The van der Waals surface area contributed by atoms with Crippen LogP contribution in [0.2, 0.25) is 0 Å². The lowest BCUT2D eigenvalue weighted by atomic mass is 10.1. The van der Waals surface area contributed by atoms with E-state index < -0.39 is 33.7 Å². The molecule has 2 aromatic carbocycles. The van der Waals surface area contributed by atoms with Crippen molar-refractivity contribution < 1.29 is 35.8 Å². The summed E-state index contributed by atoms with van der Waals surface area (Å²) in [6.07, 6.45) is -5.36. The highest BCUT2D eigenvalue weighted by Gasteiger charge is 2.35. The summed E-state index contributed by atoms with van der Waals surface area (Å²) in [4.78, 5) is 1.38. The van der Waals surface area contributed by atoms with Gasteiger partial charge in [-0.2, -0.15) is 13.2 Å². The van der Waals surface area contributed by atoms with Gasteiger partial charge in [0.15, 0.2) is 11.5 Å². The molecule has 0 aliphatic carbocycles. The van der Waals surface area contributed by atoms with E-state index in [0.29, 0.717) is 5.75 Å². The molecule has 0 spiro atoms. The number of ether oxygens (including phenoxy) is 3. The van der Waals surface area contributed by atoms with Crippen molar-refractivity contribution in [3.8, 4) is 17.2 Å². The van der Waals surface area contributed by atoms with Gasteiger partial charge >= 0.3 is 6.18 Å². The monoisotopic (exact) mass is 526 g/mol. The minimum absolute atomic E-state index is 0.101. The fourth-order valence-electron chi connectivity index (χ4n) is 2.46. The Balaban J connectivity index is 2.48. The lowest BCUT2D eigenvalue weighted by Gasteiger charge is -2.24. The van der Waals surface area contributed by atoms with Crippen LogP contribution in [-0.2, 0) is 16.2 Å². The molecule has 0 saturated carbocycles. The standard InChI is InChI=1S/C19H22BrF3N2O5S/c1-11(25(2)3)30-15-8-12(6-7-13(15)19(21,22)23)24-31(26,27)18-10-17(29-5)16(28-4)9-14(18)20/h6-11,24H,1-5H3. The lowest BCUT2D eigenvalue weighted by molar-refractivity contribution is -0.139. The molecule has 7 nitrogen and oxygen atoms in total. The van der Waals surface area contributed by atoms with Gasteiger partial charge in [0.25, 0.3) is 10.0 Å². The van der Waals surface area contributed by atoms with Gasteiger partial charge in [-0.15, -0.1) is 0 Å². The van der Waals surface area contributed by atoms with Crippen LogP contribution in [0.25, 0.3) is 0 Å². The van der Waals surface area contributed by atoms with Crippen LogP contribution in [0.15, 0.2) is 39.7 Å². The Kier molecular flexibility index (Phi) is 7.71. The van der Waals surface area contributed by atoms with Crippen LogP contribution in [0.3, 0.4) is 0 Å². The Morgan fingerprint density at radius 1 is 1.03 bits per heavy atom. The number of rotatable bonds is 8. The first-order chi connectivity index (χ1) is 14.3. The van der Waals surface area contributed by atoms with Crippen LogP contribution in [0.4, 0.5) is 18.9 Å². The van der Waals surface area contributed by atoms with Gasteiger partial charge in [-0.3, -0.25) is 9.62 Å². The maximum absolute atomic E-state index is 13.4. The van der Waals surface area contributed by atoms with E-state index in [-0.39, 0.29) is 20.8 Å². The maximum atomic E-state index is 13.4. The zero-order valence-electron chi connectivity index (χ0n) is 17.4. The Morgan fingerprint density at radius 3 is 2.13 bits per heavy atom. The zero-order chi connectivity index (χ0) is 23.6. The van der Waals surface area contributed by atoms with Crippen molar-refractivity contribution >= 4 is 31.6 Å². The second-order valence-corrected chi connectivity index (χ2v) is 9.14. The largest absolute Gasteiger partial charge is 0.493 e. The van der Waals surface area contributed by atoms with Crippen molar-refractivity contribution in [2.75, 3.05) is 33.0 Å². The first kappa shape index (κ1) is 25.1. The number of halogens is 4. The number of nitrogens with one attached hydrogen (secondary N) is 1. The number of methoxy groups -OCH3 is 2. The molecule has 0 fully saturated rings. The van der Waals surface area contributed by atoms with E-state index >= 15 is 0 Å². The molecule has 1 unspecified atom stereocenters. The molecule has 1 N–H and O–H groups in total. The molecule has 0 radical (unpaired) electrons. The minimum atomic E-state index is -4.68. The summed E-state index contributed by atoms with van der Waals surface area (Å²) < 4.78 is 84.1. The highest BCUT2D eigenvalue weighted by Crippen LogP contribution is 2.40. The smallest absolute Gasteiger partial charge is 0.419 e. The second kappa shape index (κ2) is 9.53. The van der Waals surface area contributed by atoms with Gasteiger partial charge < -0.3 is 14.2 Å². The molecule has 31 heavy (non-hydrogen) atoms. The molecule has 2 aromatic rings. The molecule has 0 saturated heterocycles. The molecular formula is C19H22BrF3N2O5S. The van der Waals surface area contributed by atoms with Gasteiger partial charge in [0.05, 0.1) is 25.5 Å². The molecular weight excluding hydrogens is 505 g/mol. The first-order valence-electron chi connectivity index (χ1n) is 8.78. The highest BCUT2D eigenvalue weighted by atomic mass is 79.9. The summed E-state index contributed by atoms with van der Waals surface area (Å²) in [5.74, 6) is -0.0289. The Morgan fingerprint density at radius 2 is 1.61 bits per heavy atom. The van der Waals surface area contributed by atoms with Crippen molar-refractivity contribution in [1.82, 2.24) is 4.90 Å². The number of sulfonamides is 1. The number of benzene rings is 2. The van der Waals surface area contributed by atoms with E-state index in [1.807, 2.05) is 0 Å². The molecule has 0 amide bonds. The number of hydrogen-bond acceptors (Lipinski definition) is 6. The molecule has 0 aliphatic heterocycles. The second-order valence-electron chi connectivity index (χ2n) is 6.63. The Labute approximate surface area is 187 Å². The minimum Gasteiger partial charge on any atom is -0.493 e. The van der Waals surface area contributed by atoms with Gasteiger partial charge in [-0.05, 0) is 55.1 Å². The van der Waals surface area contributed by atoms with E-state index in [2.05, 4.69) is 20.7 Å². The molecule has 2 rings (SSSR count). The molecule has 0 aromatic heterocycles. The van der Waals surface area contributed by atoms with E-state index in [4.69, 9.17) is 14.2 Å². The number of hydrogen-bond donors (Lipinski definition) is 1. The fourth-order valence-corrected chi connectivity index (χ4v) is 4.55. The van der Waals surface area contributed by atoms with Crippen molar-refractivity contribution in [3.05, 3.63) is 40.4 Å². The third-order valence-electron chi connectivity index (χ3n) is 4.29. The quantitative estimate of drug-likeness (QED) is 0.507. The molecule has 1 atom stereocenters. The highest BCUT2D eigenvalue weighted by molar-refractivity contribution is 9.10. The van der Waals surface area contributed by atoms with Crippen LogP contribution in [0.1, 0.15) is 12.5 Å². The third-order valence-corrected chi connectivity index (χ3v) is 6.63. The molecule has 172 valence electrons. The predicted octanol–water partition coefficient (Wildman–Crippen LogP) is 4.57. The van der Waals surface area contributed by atoms with Crippen molar-refractivity contribution in [1.29, 1.82) is 0 Å². The number of alkyl halides is 3. The maximum Gasteiger partial charge on any atom is 0.419 e. The average Bonchev–Trinajstić information content (AvgIpc) is 2.66. The fraction of sp³-hybridized carbons (Fsp3) is 0.368. The zero-order valence-corrected chi connectivity index (χ0v) is 19.8. The summed E-state index contributed by atoms with van der Waals surface area (Å²) in [6, 6.07) is 5.42. The van der Waals surface area contributed by atoms with Crippen LogP contribution < -0.4 is 18.9 Å². The molecule has 0 heterocycles. The Hall–Kier alpha value is -2.18. The summed E-state index contributed by atoms with van der Waals surface area (Å²) in [5.41, 5.74) is -1.12. The summed E-state index contributed by atoms with van der Waals surface area (Å²) >= 11 is 3.17. The lowest BCUT2D eigenvalue weighted by Crippen LogP contribution is -2.31. The summed E-state index contributed by atoms with van der Waals surface area (Å²) in [5, 5.41) is 0. The van der Waals surface area contributed by atoms with Gasteiger partial charge in [0.1, 0.15) is 16.9 Å². The topological polar surface area (TPSA) is 77.1 Å². The van der Waals surface area contributed by atoms with Gasteiger partial charge in [0, 0.05) is 16.6 Å². The van der Waals surface area contributed by atoms with Crippen LogP contribution in [-0.4, -0.2) is 47.9 Å². The SMILES string of the molecule is COc1cc(Br)c(S(=O)(=O)Nc2ccc(C(F)(F)F)c(OC(C)N(C)C)c2)cc1OC. The van der Waals surface area contributed by atoms with Gasteiger partial charge in [-0.1, -0.05) is 0 Å².